The summed E-state index contributed by atoms with van der Waals surface area (Å²) >= 11 is 0. The molecule has 0 N–H and O–H groups in total. The van der Waals surface area contributed by atoms with Gasteiger partial charge in [0.25, 0.3) is 0 Å². The Morgan fingerprint density at radius 2 is 0.600 bits per heavy atom. The van der Waals surface area contributed by atoms with Crippen molar-refractivity contribution in [3.8, 4) is 0 Å². The molecule has 0 aliphatic rings. The van der Waals surface area contributed by atoms with Crippen LogP contribution in [0.2, 0.25) is 0 Å². The minimum Gasteiger partial charge on any atom is -0.310 e. The number of hydrogen-bond acceptors (Lipinski definition) is 2. The third kappa shape index (κ3) is 9.69. The molecule has 0 bridgehead atoms. The van der Waals surface area contributed by atoms with Crippen LogP contribution in [-0.4, -0.2) is 8.80 Å². The minimum absolute atomic E-state index is 0.129. The molecule has 0 saturated carbocycles. The summed E-state index contributed by atoms with van der Waals surface area (Å²) in [4.78, 5) is 4.89. The van der Waals surface area contributed by atoms with Gasteiger partial charge in [0.15, 0.2) is 0 Å². The van der Waals surface area contributed by atoms with E-state index < -0.39 is 8.80 Å². The zero-order valence-corrected chi connectivity index (χ0v) is 44.3. The van der Waals surface area contributed by atoms with Gasteiger partial charge in [0.1, 0.15) is 8.80 Å². The van der Waals surface area contributed by atoms with Crippen molar-refractivity contribution in [1.29, 1.82) is 0 Å². The Bertz CT molecular complexity index is 3240. The van der Waals surface area contributed by atoms with E-state index in [1.165, 1.54) is 93.8 Å². The molecule has 0 saturated heterocycles. The maximum Gasteiger partial charge on any atom is 0.132 e. The molecule has 0 fully saturated rings. The van der Waals surface area contributed by atoms with Crippen LogP contribution in [0.25, 0.3) is 0 Å². The van der Waals surface area contributed by atoms with Crippen LogP contribution in [0.1, 0.15) is 88.9 Å². The lowest BCUT2D eigenvalue weighted by atomic mass is 9.77. The zero-order valence-electron chi connectivity index (χ0n) is 43.1. The molecule has 0 aliphatic carbocycles. The Balaban J connectivity index is 1.08. The number of hydrogen-bond donors (Lipinski definition) is 0. The predicted molar refractivity (Wildman–Crippen MR) is 305 cm³/mol. The Morgan fingerprint density at radius 1 is 0.286 bits per heavy atom. The minimum atomic E-state index is -1.91. The summed E-state index contributed by atoms with van der Waals surface area (Å²) in [6.45, 7) is 24.7. The maximum atomic E-state index is 2.46. The van der Waals surface area contributed by atoms with Gasteiger partial charge in [-0.2, -0.15) is 0 Å². The van der Waals surface area contributed by atoms with Crippen molar-refractivity contribution in [3.63, 3.8) is 0 Å². The molecular formula is C67H68N2Si. The molecular weight excluding hydrogens is 861 g/mol. The summed E-state index contributed by atoms with van der Waals surface area (Å²) in [5.41, 5.74) is 20.8. The first-order valence-corrected chi connectivity index (χ1v) is 26.7. The third-order valence-electron chi connectivity index (χ3n) is 14.8. The molecule has 9 aromatic carbocycles. The summed E-state index contributed by atoms with van der Waals surface area (Å²) < 4.78 is 0. The first-order chi connectivity index (χ1) is 33.6. The van der Waals surface area contributed by atoms with Crippen molar-refractivity contribution in [2.45, 2.75) is 87.0 Å². The average molecular weight is 929 g/mol. The fourth-order valence-corrected chi connectivity index (χ4v) is 13.3. The molecule has 0 aliphatic heterocycles. The summed E-state index contributed by atoms with van der Waals surface area (Å²) in [6.07, 6.45) is 0. The van der Waals surface area contributed by atoms with Crippen LogP contribution in [0, 0.1) is 48.5 Å². The Hall–Kier alpha value is -7.20. The van der Waals surface area contributed by atoms with Crippen molar-refractivity contribution >= 4 is 58.5 Å². The van der Waals surface area contributed by atoms with Gasteiger partial charge < -0.3 is 9.80 Å². The second-order valence-corrected chi connectivity index (χ2v) is 23.7. The number of rotatable bonds is 13. The topological polar surface area (TPSA) is 6.48 Å². The number of anilines is 6. The van der Waals surface area contributed by atoms with Gasteiger partial charge in [-0.1, -0.05) is 217 Å². The molecule has 0 radical (unpaired) electrons. The van der Waals surface area contributed by atoms with E-state index in [4.69, 9.17) is 0 Å². The molecule has 1 atom stereocenters. The van der Waals surface area contributed by atoms with Crippen LogP contribution in [0.3, 0.4) is 0 Å². The number of nitrogens with zero attached hydrogens (tertiary/aromatic N) is 2. The fraction of sp³-hybridized carbons (Fsp3) is 0.194. The van der Waals surface area contributed by atoms with Crippen LogP contribution in [0.15, 0.2) is 206 Å². The van der Waals surface area contributed by atoms with E-state index in [0.717, 1.165) is 17.1 Å². The summed E-state index contributed by atoms with van der Waals surface area (Å²) in [6, 6.07) is 78.0. The SMILES string of the molecule is Cc1ccc(C(C)(C)c2ccc(N(c3ccc([SiH](c4ccccc4)c4ccc(N(c5ccc(C)cc5C)c5ccc(C(C)(C)c6ccc(C)cc6)cc5C)cc4)cc3)c3ccc(C)cc3C)cc2)cc1. The maximum absolute atomic E-state index is 2.46. The van der Waals surface area contributed by atoms with Gasteiger partial charge in [0.05, 0.1) is 0 Å². The molecule has 0 aromatic heterocycles. The van der Waals surface area contributed by atoms with E-state index in [1.807, 2.05) is 0 Å². The number of benzene rings is 9. The zero-order chi connectivity index (χ0) is 49.3. The lowest BCUT2D eigenvalue weighted by Crippen LogP contribution is -2.51. The van der Waals surface area contributed by atoms with Crippen LogP contribution < -0.4 is 25.4 Å². The second kappa shape index (κ2) is 19.7. The van der Waals surface area contributed by atoms with Crippen molar-refractivity contribution in [1.82, 2.24) is 0 Å². The second-order valence-electron chi connectivity index (χ2n) is 20.8. The van der Waals surface area contributed by atoms with Crippen LogP contribution in [0.5, 0.6) is 0 Å². The van der Waals surface area contributed by atoms with Gasteiger partial charge in [-0.3, -0.25) is 0 Å². The molecule has 350 valence electrons. The Kier molecular flexibility index (Phi) is 13.4. The summed E-state index contributed by atoms with van der Waals surface area (Å²) in [7, 11) is -1.91. The molecule has 2 nitrogen and oxygen atoms in total. The van der Waals surface area contributed by atoms with E-state index in [-0.39, 0.29) is 10.8 Å². The van der Waals surface area contributed by atoms with E-state index >= 15 is 0 Å². The monoisotopic (exact) mass is 929 g/mol. The highest BCUT2D eigenvalue weighted by Gasteiger charge is 2.27. The Morgan fingerprint density at radius 3 is 1.03 bits per heavy atom. The number of aryl methyl sites for hydroxylation is 7. The first kappa shape index (κ1) is 47.8. The van der Waals surface area contributed by atoms with E-state index in [9.17, 15) is 0 Å². The molecule has 0 heterocycles. The summed E-state index contributed by atoms with van der Waals surface area (Å²) in [5, 5.41) is 4.16. The quantitative estimate of drug-likeness (QED) is 0.0840. The smallest absolute Gasteiger partial charge is 0.132 e. The predicted octanol–water partition coefficient (Wildman–Crippen LogP) is 15.7. The molecule has 0 amide bonds. The van der Waals surface area contributed by atoms with Crippen molar-refractivity contribution in [3.05, 3.63) is 267 Å². The summed E-state index contributed by atoms with van der Waals surface area (Å²) in [5.74, 6) is 0. The highest BCUT2D eigenvalue weighted by molar-refractivity contribution is 6.95. The van der Waals surface area contributed by atoms with E-state index in [2.05, 4.69) is 292 Å². The molecule has 9 aromatic rings. The molecule has 70 heavy (non-hydrogen) atoms. The lowest BCUT2D eigenvalue weighted by molar-refractivity contribution is 0.640. The largest absolute Gasteiger partial charge is 0.310 e. The fourth-order valence-electron chi connectivity index (χ4n) is 10.4. The van der Waals surface area contributed by atoms with E-state index in [0.29, 0.717) is 0 Å². The van der Waals surface area contributed by atoms with Crippen LogP contribution in [-0.2, 0) is 10.8 Å². The van der Waals surface area contributed by atoms with Crippen molar-refractivity contribution < 1.29 is 0 Å². The van der Waals surface area contributed by atoms with Crippen molar-refractivity contribution in [2.24, 2.45) is 0 Å². The molecule has 3 heteroatoms. The van der Waals surface area contributed by atoms with Gasteiger partial charge >= 0.3 is 0 Å². The van der Waals surface area contributed by atoms with Gasteiger partial charge in [0.2, 0.25) is 0 Å². The van der Waals surface area contributed by atoms with Crippen LogP contribution in [0.4, 0.5) is 34.1 Å². The van der Waals surface area contributed by atoms with Gasteiger partial charge in [-0.25, -0.2) is 0 Å². The van der Waals surface area contributed by atoms with E-state index in [1.54, 1.807) is 0 Å². The lowest BCUT2D eigenvalue weighted by Gasteiger charge is -2.31. The van der Waals surface area contributed by atoms with Crippen LogP contribution >= 0.6 is 0 Å². The third-order valence-corrected chi connectivity index (χ3v) is 18.0. The Labute approximate surface area is 420 Å². The van der Waals surface area contributed by atoms with Gasteiger partial charge in [0, 0.05) is 45.0 Å². The highest BCUT2D eigenvalue weighted by Crippen LogP contribution is 2.42. The van der Waals surface area contributed by atoms with Crippen molar-refractivity contribution in [2.75, 3.05) is 9.80 Å². The standard InChI is InChI=1S/C67H68N2Si/c1-46-17-23-53(24-18-46)66(8,9)55-27-30-57(31-28-55)68(63-40-21-48(3)43-50(63)5)58-32-36-61(37-33-58)70(60-15-13-12-14-16-60)62-38-34-59(35-39-62)69(64-41-22-49(4)44-51(64)6)65-42-29-56(45-52(65)7)67(10,11)54-25-19-47(2)20-26-54/h12-45,70H,1-11H3. The van der Waals surface area contributed by atoms with Gasteiger partial charge in [-0.15, -0.1) is 0 Å². The average Bonchev–Trinajstić information content (AvgIpc) is 3.35. The first-order valence-electron chi connectivity index (χ1n) is 24.9. The van der Waals surface area contributed by atoms with Gasteiger partial charge in [-0.05, 0) is 142 Å². The molecule has 0 spiro atoms. The highest BCUT2D eigenvalue weighted by atomic mass is 28.3. The molecule has 1 unspecified atom stereocenters. The normalized spacial score (nSPS) is 12.2. The molecule has 9 rings (SSSR count).